The molecule has 5 nitrogen and oxygen atoms in total. The van der Waals surface area contributed by atoms with Crippen molar-refractivity contribution in [3.8, 4) is 0 Å². The average Bonchev–Trinajstić information content (AvgIpc) is 2.21. The molecule has 1 aromatic rings. The third kappa shape index (κ3) is 3.80. The number of benzene rings is 1. The van der Waals surface area contributed by atoms with Gasteiger partial charge in [0.1, 0.15) is 0 Å². The number of nitrogens with one attached hydrogen (secondary N) is 1. The van der Waals surface area contributed by atoms with Crippen LogP contribution in [0.3, 0.4) is 0 Å². The topological polar surface area (TPSA) is 75.6 Å². The van der Waals surface area contributed by atoms with Gasteiger partial charge in [-0.3, -0.25) is 9.63 Å². The fraction of sp³-hybridized carbons (Fsp3) is 0.111. The molecule has 0 spiro atoms. The van der Waals surface area contributed by atoms with Gasteiger partial charge in [-0.1, -0.05) is 27.5 Å². The Kier molecular flexibility index (Phi) is 4.72. The van der Waals surface area contributed by atoms with Crippen LogP contribution >= 0.6 is 27.5 Å². The number of halogens is 2. The van der Waals surface area contributed by atoms with E-state index in [1.165, 1.54) is 12.1 Å². The van der Waals surface area contributed by atoms with Crippen molar-refractivity contribution < 1.29 is 19.5 Å². The minimum atomic E-state index is -1.18. The molecule has 7 heteroatoms. The van der Waals surface area contributed by atoms with Crippen LogP contribution < -0.4 is 5.48 Å². The highest BCUT2D eigenvalue weighted by Crippen LogP contribution is 2.20. The Morgan fingerprint density at radius 2 is 2.19 bits per heavy atom. The van der Waals surface area contributed by atoms with Gasteiger partial charge in [0, 0.05) is 4.47 Å². The molecule has 0 aliphatic carbocycles. The Labute approximate surface area is 104 Å². The van der Waals surface area contributed by atoms with Crippen LogP contribution in [0.4, 0.5) is 0 Å². The van der Waals surface area contributed by atoms with Crippen molar-refractivity contribution in [2.75, 3.05) is 6.61 Å². The zero-order chi connectivity index (χ0) is 12.1. The van der Waals surface area contributed by atoms with Gasteiger partial charge in [-0.25, -0.2) is 10.3 Å². The maximum Gasteiger partial charge on any atom is 0.332 e. The molecule has 16 heavy (non-hydrogen) atoms. The summed E-state index contributed by atoms with van der Waals surface area (Å²) in [5, 5.41) is 8.54. The molecular formula is C9H7BrClNO4. The van der Waals surface area contributed by atoms with E-state index in [2.05, 4.69) is 20.8 Å². The molecule has 0 saturated heterocycles. The molecule has 0 bridgehead atoms. The number of carboxylic acids is 1. The van der Waals surface area contributed by atoms with Crippen LogP contribution in [0.15, 0.2) is 22.7 Å². The minimum absolute atomic E-state index is 0.196. The lowest BCUT2D eigenvalue weighted by atomic mass is 10.2. The number of hydrogen-bond donors (Lipinski definition) is 2. The summed E-state index contributed by atoms with van der Waals surface area (Å²) in [5.74, 6) is -1.78. The van der Waals surface area contributed by atoms with Crippen molar-refractivity contribution in [3.63, 3.8) is 0 Å². The smallest absolute Gasteiger partial charge is 0.332 e. The molecule has 0 heterocycles. The van der Waals surface area contributed by atoms with Gasteiger partial charge in [-0.2, -0.15) is 0 Å². The van der Waals surface area contributed by atoms with E-state index >= 15 is 0 Å². The van der Waals surface area contributed by atoms with Crippen molar-refractivity contribution in [1.82, 2.24) is 5.48 Å². The molecule has 0 saturated carbocycles. The first-order valence-electron chi connectivity index (χ1n) is 4.09. The first-order valence-corrected chi connectivity index (χ1v) is 5.27. The quantitative estimate of drug-likeness (QED) is 0.832. The highest BCUT2D eigenvalue weighted by Gasteiger charge is 2.11. The van der Waals surface area contributed by atoms with Gasteiger partial charge < -0.3 is 5.11 Å². The van der Waals surface area contributed by atoms with Crippen LogP contribution in [0.1, 0.15) is 10.4 Å². The third-order valence-electron chi connectivity index (χ3n) is 1.53. The largest absolute Gasteiger partial charge is 0.479 e. The molecule has 0 aliphatic rings. The number of carbonyl (C=O) groups is 2. The van der Waals surface area contributed by atoms with E-state index in [-0.39, 0.29) is 10.6 Å². The van der Waals surface area contributed by atoms with E-state index < -0.39 is 18.5 Å². The Morgan fingerprint density at radius 1 is 1.50 bits per heavy atom. The van der Waals surface area contributed by atoms with Crippen LogP contribution in [0.25, 0.3) is 0 Å². The number of carboxylic acid groups (broad SMARTS) is 1. The SMILES string of the molecule is O=C(O)CONC(=O)c1cc(Br)ccc1Cl. The summed E-state index contributed by atoms with van der Waals surface area (Å²) in [7, 11) is 0. The second kappa shape index (κ2) is 5.83. The molecule has 1 aromatic carbocycles. The van der Waals surface area contributed by atoms with Gasteiger partial charge in [0.25, 0.3) is 5.91 Å². The molecule has 0 fully saturated rings. The van der Waals surface area contributed by atoms with Crippen molar-refractivity contribution in [2.24, 2.45) is 0 Å². The Morgan fingerprint density at radius 3 is 2.81 bits per heavy atom. The van der Waals surface area contributed by atoms with Gasteiger partial charge in [-0.05, 0) is 18.2 Å². The molecule has 1 amide bonds. The number of aliphatic carboxylic acids is 1. The zero-order valence-electron chi connectivity index (χ0n) is 7.87. The third-order valence-corrected chi connectivity index (χ3v) is 2.36. The molecule has 2 N–H and O–H groups in total. The molecular weight excluding hydrogens is 301 g/mol. The standard InChI is InChI=1S/C9H7BrClNO4/c10-5-1-2-7(11)6(3-5)9(15)12-16-4-8(13)14/h1-3H,4H2,(H,12,15)(H,13,14). The monoisotopic (exact) mass is 307 g/mol. The summed E-state index contributed by atoms with van der Waals surface area (Å²) in [6.45, 7) is -0.614. The summed E-state index contributed by atoms with van der Waals surface area (Å²) in [6, 6.07) is 4.72. The van der Waals surface area contributed by atoms with Crippen molar-refractivity contribution in [2.45, 2.75) is 0 Å². The lowest BCUT2D eigenvalue weighted by Gasteiger charge is -2.05. The molecule has 0 aromatic heterocycles. The first-order chi connectivity index (χ1) is 7.50. The summed E-state index contributed by atoms with van der Waals surface area (Å²) in [4.78, 5) is 26.0. The summed E-state index contributed by atoms with van der Waals surface area (Å²) >= 11 is 8.96. The normalized spacial score (nSPS) is 9.88. The molecule has 0 radical (unpaired) electrons. The van der Waals surface area contributed by atoms with Gasteiger partial charge in [0.05, 0.1) is 10.6 Å². The van der Waals surface area contributed by atoms with E-state index in [9.17, 15) is 9.59 Å². The summed E-state index contributed by atoms with van der Waals surface area (Å²) < 4.78 is 0.681. The van der Waals surface area contributed by atoms with Crippen molar-refractivity contribution >= 4 is 39.4 Å². The molecule has 0 unspecified atom stereocenters. The van der Waals surface area contributed by atoms with E-state index in [1.54, 1.807) is 6.07 Å². The average molecular weight is 309 g/mol. The first kappa shape index (κ1) is 13.0. The van der Waals surface area contributed by atoms with Crippen molar-refractivity contribution in [1.29, 1.82) is 0 Å². The fourth-order valence-corrected chi connectivity index (χ4v) is 1.45. The zero-order valence-corrected chi connectivity index (χ0v) is 10.2. The number of carbonyl (C=O) groups excluding carboxylic acids is 1. The Hall–Kier alpha value is -1.11. The lowest BCUT2D eigenvalue weighted by molar-refractivity contribution is -0.144. The van der Waals surface area contributed by atoms with Crippen LogP contribution in [0, 0.1) is 0 Å². The van der Waals surface area contributed by atoms with Gasteiger partial charge in [-0.15, -0.1) is 0 Å². The van der Waals surface area contributed by atoms with Gasteiger partial charge >= 0.3 is 5.97 Å². The van der Waals surface area contributed by atoms with Crippen LogP contribution in [-0.4, -0.2) is 23.6 Å². The number of hydroxylamine groups is 1. The summed E-state index contributed by atoms with van der Waals surface area (Å²) in [5.41, 5.74) is 2.17. The van der Waals surface area contributed by atoms with E-state index in [4.69, 9.17) is 16.7 Å². The lowest BCUT2D eigenvalue weighted by Crippen LogP contribution is -2.26. The maximum atomic E-state index is 11.5. The van der Waals surface area contributed by atoms with Crippen molar-refractivity contribution in [3.05, 3.63) is 33.3 Å². The fourth-order valence-electron chi connectivity index (χ4n) is 0.890. The second-order valence-electron chi connectivity index (χ2n) is 2.74. The Bertz CT molecular complexity index is 424. The molecule has 0 atom stereocenters. The van der Waals surface area contributed by atoms with Crippen LogP contribution in [0.2, 0.25) is 5.02 Å². The van der Waals surface area contributed by atoms with Crippen LogP contribution in [-0.2, 0) is 9.63 Å². The van der Waals surface area contributed by atoms with E-state index in [1.807, 2.05) is 5.48 Å². The predicted octanol–water partition coefficient (Wildman–Crippen LogP) is 1.85. The molecule has 86 valence electrons. The highest BCUT2D eigenvalue weighted by molar-refractivity contribution is 9.10. The number of rotatable bonds is 4. The Balaban J connectivity index is 2.65. The number of amides is 1. The maximum absolute atomic E-state index is 11.5. The van der Waals surface area contributed by atoms with Crippen LogP contribution in [0.5, 0.6) is 0 Å². The second-order valence-corrected chi connectivity index (χ2v) is 4.06. The predicted molar refractivity (Wildman–Crippen MR) is 60.2 cm³/mol. The van der Waals surface area contributed by atoms with Gasteiger partial charge in [0.2, 0.25) is 0 Å². The minimum Gasteiger partial charge on any atom is -0.479 e. The summed E-state index contributed by atoms with van der Waals surface area (Å²) in [6.07, 6.45) is 0. The molecule has 0 aliphatic heterocycles. The van der Waals surface area contributed by atoms with E-state index in [0.717, 1.165) is 0 Å². The number of hydrogen-bond acceptors (Lipinski definition) is 3. The van der Waals surface area contributed by atoms with E-state index in [0.29, 0.717) is 4.47 Å². The highest BCUT2D eigenvalue weighted by atomic mass is 79.9. The molecule has 1 rings (SSSR count). The van der Waals surface area contributed by atoms with Gasteiger partial charge in [0.15, 0.2) is 6.61 Å².